The lowest BCUT2D eigenvalue weighted by molar-refractivity contribution is 0.187. The van der Waals surface area contributed by atoms with Crippen LogP contribution in [-0.2, 0) is 4.74 Å². The largest absolute Gasteiger partial charge is 0.469 e. The highest BCUT2D eigenvalue weighted by Gasteiger charge is 2.25. The number of likely N-dealkylation sites (N-methyl/N-ethyl adjacent to an activating group) is 1. The third kappa shape index (κ3) is 7.42. The van der Waals surface area contributed by atoms with E-state index in [0.717, 1.165) is 55.4 Å². The summed E-state index contributed by atoms with van der Waals surface area (Å²) in [6.07, 6.45) is 8.06. The quantitative estimate of drug-likeness (QED) is 0.177. The second kappa shape index (κ2) is 12.5. The number of anilines is 1. The molecule has 0 amide bonds. The number of aryl methyl sites for hydroxylation is 2. The predicted octanol–water partition coefficient (Wildman–Crippen LogP) is 4.72. The summed E-state index contributed by atoms with van der Waals surface area (Å²) in [6, 6.07) is 4.05. The van der Waals surface area contributed by atoms with Crippen molar-refractivity contribution in [3.63, 3.8) is 0 Å². The number of hydrogen-bond acceptors (Lipinski definition) is 6. The number of rotatable bonds is 11. The molecule has 2 fully saturated rings. The number of halogens is 1. The van der Waals surface area contributed by atoms with Crippen LogP contribution in [0.25, 0.3) is 6.08 Å². The molecule has 0 spiro atoms. The van der Waals surface area contributed by atoms with E-state index in [0.29, 0.717) is 29.7 Å². The third-order valence-electron chi connectivity index (χ3n) is 6.62. The summed E-state index contributed by atoms with van der Waals surface area (Å²) >= 11 is 0. The monoisotopic (exact) mass is 508 g/mol. The Kier molecular flexibility index (Phi) is 8.95. The van der Waals surface area contributed by atoms with Gasteiger partial charge >= 0.3 is 0 Å². The molecule has 0 aromatic carbocycles. The molecule has 3 heterocycles. The molecule has 37 heavy (non-hydrogen) atoms. The van der Waals surface area contributed by atoms with Crippen LogP contribution in [-0.4, -0.2) is 77.0 Å². The molecule has 1 aliphatic carbocycles. The molecule has 2 aliphatic rings. The molecule has 3 N–H and O–H groups in total. The molecule has 2 aromatic rings. The van der Waals surface area contributed by atoms with Gasteiger partial charge in [-0.1, -0.05) is 6.92 Å². The maximum atomic E-state index is 13.5. The van der Waals surface area contributed by atoms with Crippen molar-refractivity contribution >= 4 is 24.4 Å². The highest BCUT2D eigenvalue weighted by molar-refractivity contribution is 5.94. The lowest BCUT2D eigenvalue weighted by atomic mass is 10.2. The molecule has 9 nitrogen and oxygen atoms in total. The first-order valence-corrected chi connectivity index (χ1v) is 12.8. The molecule has 0 radical (unpaired) electrons. The van der Waals surface area contributed by atoms with E-state index in [9.17, 15) is 4.39 Å². The number of nitrogens with zero attached hydrogens (tertiary/aromatic N) is 5. The van der Waals surface area contributed by atoms with Crippen molar-refractivity contribution < 1.29 is 9.13 Å². The average Bonchev–Trinajstić information content (AvgIpc) is 3.57. The predicted molar refractivity (Wildman–Crippen MR) is 147 cm³/mol. The number of hydrogen-bond donors (Lipinski definition) is 3. The molecule has 10 heteroatoms. The van der Waals surface area contributed by atoms with Gasteiger partial charge in [-0.15, -0.1) is 0 Å². The number of amidine groups is 1. The van der Waals surface area contributed by atoms with Crippen LogP contribution in [0.3, 0.4) is 0 Å². The van der Waals surface area contributed by atoms with E-state index in [1.54, 1.807) is 12.2 Å². The summed E-state index contributed by atoms with van der Waals surface area (Å²) in [5.74, 6) is 2.59. The fourth-order valence-corrected chi connectivity index (χ4v) is 4.29. The summed E-state index contributed by atoms with van der Waals surface area (Å²) < 4.78 is 19.2. The maximum absolute atomic E-state index is 13.5. The molecule has 1 saturated carbocycles. The van der Waals surface area contributed by atoms with Crippen LogP contribution < -0.4 is 5.32 Å². The van der Waals surface area contributed by atoms with Gasteiger partial charge in [0.15, 0.2) is 12.5 Å². The Morgan fingerprint density at radius 2 is 2.05 bits per heavy atom. The van der Waals surface area contributed by atoms with Crippen molar-refractivity contribution in [1.29, 1.82) is 0 Å². The van der Waals surface area contributed by atoms with Crippen molar-refractivity contribution in [2.75, 3.05) is 44.8 Å². The summed E-state index contributed by atoms with van der Waals surface area (Å²) in [5, 5.41) is 10.7. The summed E-state index contributed by atoms with van der Waals surface area (Å²) in [4.78, 5) is 16.6. The minimum absolute atomic E-state index is 0.0404. The Labute approximate surface area is 217 Å². The second-order valence-electron chi connectivity index (χ2n) is 9.40. The average molecular weight is 509 g/mol. The number of ether oxygens (including phenoxy) is 1. The van der Waals surface area contributed by atoms with Crippen molar-refractivity contribution in [2.45, 2.75) is 39.5 Å². The molecule has 0 atom stereocenters. The van der Waals surface area contributed by atoms with Gasteiger partial charge in [0, 0.05) is 61.3 Å². The molecular formula is C27H37FN8O. The first-order chi connectivity index (χ1) is 18.0. The number of allylic oxidation sites excluding steroid dienone is 1. The molecule has 0 unspecified atom stereocenters. The van der Waals surface area contributed by atoms with Gasteiger partial charge < -0.3 is 24.8 Å². The van der Waals surface area contributed by atoms with E-state index in [2.05, 4.69) is 53.9 Å². The Morgan fingerprint density at radius 1 is 1.27 bits per heavy atom. The first kappa shape index (κ1) is 26.4. The topological polar surface area (TPSA) is 96.9 Å². The Morgan fingerprint density at radius 3 is 2.68 bits per heavy atom. The van der Waals surface area contributed by atoms with Crippen LogP contribution in [0, 0.1) is 13.8 Å². The van der Waals surface area contributed by atoms with Crippen LogP contribution >= 0.6 is 0 Å². The number of nitrogens with one attached hydrogen (secondary N) is 3. The summed E-state index contributed by atoms with van der Waals surface area (Å²) in [6.45, 7) is 14.3. The minimum Gasteiger partial charge on any atom is -0.469 e. The molecule has 4 rings (SSSR count). The zero-order valence-electron chi connectivity index (χ0n) is 21.9. The van der Waals surface area contributed by atoms with Gasteiger partial charge in [-0.2, -0.15) is 5.10 Å². The lowest BCUT2D eigenvalue weighted by Gasteiger charge is -2.35. The van der Waals surface area contributed by atoms with Crippen molar-refractivity contribution in [3.8, 4) is 0 Å². The zero-order valence-corrected chi connectivity index (χ0v) is 21.9. The SMILES string of the molecule is C=N/C(=C\C(=N/COC(/C=C\c1[nH]c(C)cc1C)=C\F)N1CCN(CC)CC1)Nc1cc(C2CC2)[nH]n1. The van der Waals surface area contributed by atoms with Gasteiger partial charge in [0.25, 0.3) is 0 Å². The number of piperazine rings is 1. The van der Waals surface area contributed by atoms with Crippen LogP contribution in [0.2, 0.25) is 0 Å². The van der Waals surface area contributed by atoms with Crippen molar-refractivity contribution in [2.24, 2.45) is 9.98 Å². The van der Waals surface area contributed by atoms with E-state index in [1.807, 2.05) is 32.1 Å². The van der Waals surface area contributed by atoms with E-state index in [4.69, 9.17) is 4.74 Å². The van der Waals surface area contributed by atoms with E-state index in [-0.39, 0.29) is 12.5 Å². The standard InChI is InChI=1S/C27H37FN8O/c1-5-35-10-12-36(13-11-35)27(16-25(29-4)32-26-15-24(33-34-26)21-6-7-21)30-18-37-22(17-28)8-9-23-19(2)14-20(3)31-23/h8-9,14-17,21,31H,4-7,10-13,18H2,1-3H3,(H2,32,33,34)/b9-8-,22-17-,25-16+,30-27+. The van der Waals surface area contributed by atoms with Gasteiger partial charge in [-0.05, 0) is 63.7 Å². The third-order valence-corrected chi connectivity index (χ3v) is 6.62. The molecule has 198 valence electrons. The van der Waals surface area contributed by atoms with E-state index < -0.39 is 0 Å². The molecular weight excluding hydrogens is 471 g/mol. The normalized spacial score (nSPS) is 18.1. The van der Waals surface area contributed by atoms with E-state index >= 15 is 0 Å². The van der Waals surface area contributed by atoms with Gasteiger partial charge in [0.2, 0.25) is 0 Å². The number of aliphatic imine (C=N–C) groups is 2. The van der Waals surface area contributed by atoms with Crippen LogP contribution in [0.1, 0.15) is 48.3 Å². The van der Waals surface area contributed by atoms with Crippen LogP contribution in [0.5, 0.6) is 0 Å². The Hall–Kier alpha value is -3.66. The fraction of sp³-hybridized carbons (Fsp3) is 0.444. The van der Waals surface area contributed by atoms with Crippen LogP contribution in [0.15, 0.2) is 52.2 Å². The van der Waals surface area contributed by atoms with Crippen LogP contribution in [0.4, 0.5) is 10.2 Å². The van der Waals surface area contributed by atoms with Crippen molar-refractivity contribution in [3.05, 3.63) is 64.8 Å². The second-order valence-corrected chi connectivity index (χ2v) is 9.40. The minimum atomic E-state index is -0.0404. The fourth-order valence-electron chi connectivity index (χ4n) is 4.29. The maximum Gasteiger partial charge on any atom is 0.181 e. The van der Waals surface area contributed by atoms with Crippen molar-refractivity contribution in [1.82, 2.24) is 25.0 Å². The molecule has 0 bridgehead atoms. The van der Waals surface area contributed by atoms with Gasteiger partial charge in [-0.3, -0.25) is 5.10 Å². The Bertz CT molecular complexity index is 1180. The first-order valence-electron chi connectivity index (χ1n) is 12.8. The lowest BCUT2D eigenvalue weighted by Crippen LogP contribution is -2.48. The summed E-state index contributed by atoms with van der Waals surface area (Å²) in [5.41, 5.74) is 4.18. The highest BCUT2D eigenvalue weighted by Crippen LogP contribution is 2.39. The highest BCUT2D eigenvalue weighted by atomic mass is 19.1. The summed E-state index contributed by atoms with van der Waals surface area (Å²) in [7, 11) is 0. The van der Waals surface area contributed by atoms with Gasteiger partial charge in [0.05, 0.1) is 0 Å². The Balaban J connectivity index is 1.46. The smallest absolute Gasteiger partial charge is 0.181 e. The zero-order chi connectivity index (χ0) is 26.2. The molecule has 1 saturated heterocycles. The number of aromatic nitrogens is 3. The van der Waals surface area contributed by atoms with Gasteiger partial charge in [0.1, 0.15) is 23.7 Å². The van der Waals surface area contributed by atoms with E-state index in [1.165, 1.54) is 12.8 Å². The molecule has 1 aliphatic heterocycles. The number of H-pyrrole nitrogens is 2. The van der Waals surface area contributed by atoms with Gasteiger partial charge in [-0.25, -0.2) is 14.4 Å². The number of aromatic amines is 2. The molecule has 2 aromatic heterocycles.